The predicted octanol–water partition coefficient (Wildman–Crippen LogP) is 4.52. The molecule has 0 unspecified atom stereocenters. The van der Waals surface area contributed by atoms with Crippen LogP contribution in [0.4, 0.5) is 10.5 Å². The number of rotatable bonds is 3. The van der Waals surface area contributed by atoms with Crippen molar-refractivity contribution in [3.8, 4) is 0 Å². The zero-order valence-corrected chi connectivity index (χ0v) is 11.6. The topological polar surface area (TPSA) is 38.3 Å². The highest BCUT2D eigenvalue weighted by atomic mass is 79.9. The molecule has 0 fully saturated rings. The molecule has 7 heteroatoms. The molecule has 0 atom stereocenters. The number of nitrogens with one attached hydrogen (secondary N) is 1. The summed E-state index contributed by atoms with van der Waals surface area (Å²) in [7, 11) is 9.37. The Hall–Kier alpha value is -0.0400. The minimum atomic E-state index is -0.494. The van der Waals surface area contributed by atoms with Crippen molar-refractivity contribution in [2.75, 3.05) is 12.4 Å². The molecule has 3 nitrogen and oxygen atoms in total. The van der Waals surface area contributed by atoms with Crippen LogP contribution < -0.4 is 5.32 Å². The lowest BCUT2D eigenvalue weighted by molar-refractivity contribution is 0.187. The quantitative estimate of drug-likeness (QED) is 0.828. The summed E-state index contributed by atoms with van der Waals surface area (Å²) >= 11 is 3.38. The van der Waals surface area contributed by atoms with Crippen LogP contribution in [0.2, 0.25) is 0 Å². The smallest absolute Gasteiger partial charge is 0.411 e. The second-order valence-electron chi connectivity index (χ2n) is 2.41. The second kappa shape index (κ2) is 6.52. The molecule has 0 aromatic heterocycles. The van der Waals surface area contributed by atoms with Gasteiger partial charge in [0.1, 0.15) is 0 Å². The molecule has 0 bridgehead atoms. The molecule has 0 saturated carbocycles. The number of amides is 1. The van der Waals surface area contributed by atoms with Crippen LogP contribution in [0.3, 0.4) is 0 Å². The fourth-order valence-electron chi connectivity index (χ4n) is 0.848. The number of carbonyl (C=O) groups is 1. The van der Waals surface area contributed by atoms with Gasteiger partial charge >= 0.3 is 6.09 Å². The average Bonchev–Trinajstić information content (AvgIpc) is 2.23. The Kier molecular flexibility index (Phi) is 5.66. The Morgan fingerprint density at radius 3 is 2.93 bits per heavy atom. The van der Waals surface area contributed by atoms with E-state index in [0.29, 0.717) is 5.69 Å². The Morgan fingerprint density at radius 2 is 2.33 bits per heavy atom. The number of anilines is 1. The third kappa shape index (κ3) is 4.14. The standard InChI is InChI=1S/C8H7BrClNO2S2/c1-13-8(12)11-5-2-3-6(9)7(4-5)14-15-10/h2-4H,1H3,(H,11,12). The van der Waals surface area contributed by atoms with Gasteiger partial charge in [0.25, 0.3) is 0 Å². The molecule has 0 aliphatic heterocycles. The van der Waals surface area contributed by atoms with E-state index in [0.717, 1.165) is 19.4 Å². The average molecular weight is 329 g/mol. The van der Waals surface area contributed by atoms with Crippen LogP contribution in [0.1, 0.15) is 0 Å². The van der Waals surface area contributed by atoms with Crippen molar-refractivity contribution < 1.29 is 9.53 Å². The lowest BCUT2D eigenvalue weighted by Crippen LogP contribution is -2.10. The van der Waals surface area contributed by atoms with Crippen molar-refractivity contribution >= 4 is 59.2 Å². The molecule has 15 heavy (non-hydrogen) atoms. The van der Waals surface area contributed by atoms with Gasteiger partial charge in [-0.3, -0.25) is 5.32 Å². The molecule has 0 aliphatic rings. The highest BCUT2D eigenvalue weighted by Crippen LogP contribution is 2.39. The van der Waals surface area contributed by atoms with E-state index >= 15 is 0 Å². The van der Waals surface area contributed by atoms with E-state index in [2.05, 4.69) is 26.0 Å². The SMILES string of the molecule is COC(=O)Nc1ccc(Br)c(SSCl)c1. The number of methoxy groups -OCH3 is 1. The number of ether oxygens (including phenoxy) is 1. The van der Waals surface area contributed by atoms with Crippen LogP contribution in [0.5, 0.6) is 0 Å². The van der Waals surface area contributed by atoms with Gasteiger partial charge in [-0.25, -0.2) is 4.79 Å². The number of halogens is 2. The fourth-order valence-corrected chi connectivity index (χ4v) is 3.28. The van der Waals surface area contributed by atoms with Crippen molar-refractivity contribution in [3.63, 3.8) is 0 Å². The Labute approximate surface area is 108 Å². The molecule has 1 amide bonds. The van der Waals surface area contributed by atoms with Crippen LogP contribution in [-0.4, -0.2) is 13.2 Å². The summed E-state index contributed by atoms with van der Waals surface area (Å²) in [6.07, 6.45) is -0.494. The van der Waals surface area contributed by atoms with Crippen LogP contribution in [0.15, 0.2) is 27.6 Å². The summed E-state index contributed by atoms with van der Waals surface area (Å²) in [6.45, 7) is 0. The summed E-state index contributed by atoms with van der Waals surface area (Å²) in [5.41, 5.74) is 0.665. The first-order chi connectivity index (χ1) is 7.17. The summed E-state index contributed by atoms with van der Waals surface area (Å²) in [5.74, 6) is 0. The first-order valence-corrected chi connectivity index (χ1v) is 7.54. The van der Waals surface area contributed by atoms with Crippen molar-refractivity contribution in [3.05, 3.63) is 22.7 Å². The molecule has 0 aliphatic carbocycles. The largest absolute Gasteiger partial charge is 0.453 e. The molecule has 0 radical (unpaired) electrons. The maximum atomic E-state index is 11.0. The molecule has 0 heterocycles. The van der Waals surface area contributed by atoms with Crippen molar-refractivity contribution in [1.82, 2.24) is 0 Å². The summed E-state index contributed by atoms with van der Waals surface area (Å²) in [6, 6.07) is 5.41. The van der Waals surface area contributed by atoms with E-state index in [9.17, 15) is 4.79 Å². The number of hydrogen-bond donors (Lipinski definition) is 1. The highest BCUT2D eigenvalue weighted by molar-refractivity contribution is 9.10. The third-order valence-corrected chi connectivity index (χ3v) is 4.31. The maximum absolute atomic E-state index is 11.0. The van der Waals surface area contributed by atoms with Crippen LogP contribution >= 0.6 is 47.4 Å². The van der Waals surface area contributed by atoms with E-state index in [4.69, 9.17) is 10.7 Å². The lowest BCUT2D eigenvalue weighted by Gasteiger charge is -2.06. The Bertz CT molecular complexity index is 364. The van der Waals surface area contributed by atoms with Crippen molar-refractivity contribution in [2.24, 2.45) is 0 Å². The molecule has 82 valence electrons. The molecule has 1 aromatic carbocycles. The molecular formula is C8H7BrClNO2S2. The molecule has 1 rings (SSSR count). The first-order valence-electron chi connectivity index (χ1n) is 3.77. The Balaban J connectivity index is 2.82. The molecule has 0 saturated heterocycles. The van der Waals surface area contributed by atoms with Gasteiger partial charge in [0.2, 0.25) is 0 Å². The zero-order valence-electron chi connectivity index (χ0n) is 7.62. The van der Waals surface area contributed by atoms with Gasteiger partial charge < -0.3 is 4.74 Å². The van der Waals surface area contributed by atoms with Gasteiger partial charge in [0, 0.05) is 25.1 Å². The van der Waals surface area contributed by atoms with Gasteiger partial charge in [-0.2, -0.15) is 0 Å². The zero-order chi connectivity index (χ0) is 11.3. The van der Waals surface area contributed by atoms with Gasteiger partial charge in [-0.1, -0.05) is 0 Å². The molecule has 1 aromatic rings. The Morgan fingerprint density at radius 1 is 1.60 bits per heavy atom. The van der Waals surface area contributed by atoms with E-state index in [1.165, 1.54) is 17.9 Å². The summed E-state index contributed by atoms with van der Waals surface area (Å²) < 4.78 is 5.41. The van der Waals surface area contributed by atoms with E-state index < -0.39 is 6.09 Å². The molecule has 0 spiro atoms. The van der Waals surface area contributed by atoms with Crippen LogP contribution in [-0.2, 0) is 4.74 Å². The van der Waals surface area contributed by atoms with Crippen molar-refractivity contribution in [2.45, 2.75) is 4.90 Å². The predicted molar refractivity (Wildman–Crippen MR) is 69.5 cm³/mol. The third-order valence-electron chi connectivity index (χ3n) is 1.48. The number of benzene rings is 1. The van der Waals surface area contributed by atoms with Gasteiger partial charge in [0.15, 0.2) is 0 Å². The van der Waals surface area contributed by atoms with Gasteiger partial charge in [-0.05, 0) is 55.6 Å². The minimum absolute atomic E-state index is 0.494. The molecular weight excluding hydrogens is 322 g/mol. The monoisotopic (exact) mass is 327 g/mol. The van der Waals surface area contributed by atoms with E-state index in [1.54, 1.807) is 12.1 Å². The van der Waals surface area contributed by atoms with Gasteiger partial charge in [0.05, 0.1) is 7.11 Å². The summed E-state index contributed by atoms with van der Waals surface area (Å²) in [5, 5.41) is 2.57. The maximum Gasteiger partial charge on any atom is 0.411 e. The number of carbonyl (C=O) groups excluding carboxylic acids is 1. The second-order valence-corrected chi connectivity index (χ2v) is 6.01. The highest BCUT2D eigenvalue weighted by Gasteiger charge is 2.05. The minimum Gasteiger partial charge on any atom is -0.453 e. The van der Waals surface area contributed by atoms with Crippen LogP contribution in [0, 0.1) is 0 Å². The summed E-state index contributed by atoms with van der Waals surface area (Å²) in [4.78, 5) is 11.9. The lowest BCUT2D eigenvalue weighted by atomic mass is 10.3. The van der Waals surface area contributed by atoms with E-state index in [1.807, 2.05) is 6.07 Å². The van der Waals surface area contributed by atoms with Gasteiger partial charge in [-0.15, -0.1) is 0 Å². The van der Waals surface area contributed by atoms with Crippen molar-refractivity contribution in [1.29, 1.82) is 0 Å². The fraction of sp³-hybridized carbons (Fsp3) is 0.125. The first kappa shape index (κ1) is 13.0. The van der Waals surface area contributed by atoms with Crippen LogP contribution in [0.25, 0.3) is 0 Å². The normalized spacial score (nSPS) is 9.80. The number of hydrogen-bond acceptors (Lipinski definition) is 4. The molecule has 1 N–H and O–H groups in total. The van der Waals surface area contributed by atoms with E-state index in [-0.39, 0.29) is 0 Å².